The van der Waals surface area contributed by atoms with Crippen LogP contribution >= 0.6 is 11.8 Å². The van der Waals surface area contributed by atoms with Crippen molar-refractivity contribution >= 4 is 23.6 Å². The number of amides is 2. The summed E-state index contributed by atoms with van der Waals surface area (Å²) < 4.78 is 0. The number of aryl methyl sites for hydroxylation is 2. The van der Waals surface area contributed by atoms with Crippen molar-refractivity contribution in [1.29, 1.82) is 0 Å². The SMILES string of the molecule is CC[C@@H](C(=O)NCC(C)C)N(Cc1ccc(C)cc1)C(=O)CSCc1cccc(C)c1. The predicted octanol–water partition coefficient (Wildman–Crippen LogP) is 5.12. The molecule has 0 saturated heterocycles. The van der Waals surface area contributed by atoms with E-state index < -0.39 is 6.04 Å². The first-order chi connectivity index (χ1) is 14.8. The van der Waals surface area contributed by atoms with Crippen molar-refractivity contribution in [2.45, 2.75) is 59.4 Å². The van der Waals surface area contributed by atoms with Gasteiger partial charge in [-0.25, -0.2) is 0 Å². The maximum atomic E-state index is 13.2. The Morgan fingerprint density at radius 2 is 1.71 bits per heavy atom. The molecule has 0 radical (unpaired) electrons. The molecule has 0 aliphatic carbocycles. The van der Waals surface area contributed by atoms with Crippen molar-refractivity contribution in [2.75, 3.05) is 12.3 Å². The second kappa shape index (κ2) is 12.6. The lowest BCUT2D eigenvalue weighted by molar-refractivity contribution is -0.139. The Bertz CT molecular complexity index is 849. The number of hydrogen-bond donors (Lipinski definition) is 1. The summed E-state index contributed by atoms with van der Waals surface area (Å²) in [6.45, 7) is 11.3. The lowest BCUT2D eigenvalue weighted by Crippen LogP contribution is -2.50. The second-order valence-corrected chi connectivity index (χ2v) is 9.54. The molecular weight excluding hydrogens is 404 g/mol. The van der Waals surface area contributed by atoms with Crippen molar-refractivity contribution < 1.29 is 9.59 Å². The van der Waals surface area contributed by atoms with E-state index in [1.807, 2.05) is 44.2 Å². The van der Waals surface area contributed by atoms with Gasteiger partial charge in [-0.15, -0.1) is 11.8 Å². The van der Waals surface area contributed by atoms with Crippen LogP contribution in [0.4, 0.5) is 0 Å². The average Bonchev–Trinajstić information content (AvgIpc) is 2.73. The molecule has 0 heterocycles. The van der Waals surface area contributed by atoms with Crippen LogP contribution in [0.3, 0.4) is 0 Å². The van der Waals surface area contributed by atoms with E-state index in [0.717, 1.165) is 11.3 Å². The van der Waals surface area contributed by atoms with Crippen LogP contribution in [0.2, 0.25) is 0 Å². The highest BCUT2D eigenvalue weighted by Crippen LogP contribution is 2.18. The highest BCUT2D eigenvalue weighted by Gasteiger charge is 2.28. The van der Waals surface area contributed by atoms with Crippen molar-refractivity contribution in [2.24, 2.45) is 5.92 Å². The number of nitrogens with zero attached hydrogens (tertiary/aromatic N) is 1. The molecule has 31 heavy (non-hydrogen) atoms. The number of carbonyl (C=O) groups is 2. The summed E-state index contributed by atoms with van der Waals surface area (Å²) in [5.41, 5.74) is 4.65. The van der Waals surface area contributed by atoms with Gasteiger partial charge in [0.05, 0.1) is 5.75 Å². The summed E-state index contributed by atoms with van der Waals surface area (Å²) in [6, 6.07) is 16.1. The lowest BCUT2D eigenvalue weighted by Gasteiger charge is -2.31. The quantitative estimate of drug-likeness (QED) is 0.528. The van der Waals surface area contributed by atoms with E-state index in [9.17, 15) is 9.59 Å². The normalized spacial score (nSPS) is 11.9. The molecule has 0 bridgehead atoms. The van der Waals surface area contributed by atoms with E-state index in [0.29, 0.717) is 31.2 Å². The molecule has 2 rings (SSSR count). The van der Waals surface area contributed by atoms with Gasteiger partial charge in [0.2, 0.25) is 11.8 Å². The standard InChI is InChI=1S/C26H36N2O2S/c1-6-24(26(30)27-15-19(2)3)28(16-22-12-10-20(4)11-13-22)25(29)18-31-17-23-9-7-8-21(5)14-23/h7-14,19,24H,6,15-18H2,1-5H3,(H,27,30)/t24-/m0/s1. The first kappa shape index (κ1) is 25.0. The molecule has 4 nitrogen and oxygen atoms in total. The van der Waals surface area contributed by atoms with E-state index >= 15 is 0 Å². The Kier molecular flexibility index (Phi) is 10.1. The Labute approximate surface area is 191 Å². The van der Waals surface area contributed by atoms with E-state index in [1.165, 1.54) is 16.7 Å². The van der Waals surface area contributed by atoms with Crippen molar-refractivity contribution in [1.82, 2.24) is 10.2 Å². The molecule has 0 spiro atoms. The minimum Gasteiger partial charge on any atom is -0.354 e. The van der Waals surface area contributed by atoms with Gasteiger partial charge in [-0.1, -0.05) is 80.4 Å². The number of carbonyl (C=O) groups excluding carboxylic acids is 2. The van der Waals surface area contributed by atoms with Gasteiger partial charge in [-0.3, -0.25) is 9.59 Å². The summed E-state index contributed by atoms with van der Waals surface area (Å²) in [7, 11) is 0. The molecule has 2 amide bonds. The Balaban J connectivity index is 2.11. The Morgan fingerprint density at radius 3 is 2.32 bits per heavy atom. The summed E-state index contributed by atoms with van der Waals surface area (Å²) >= 11 is 1.60. The minimum absolute atomic E-state index is 0.00442. The van der Waals surface area contributed by atoms with Crippen LogP contribution in [0.25, 0.3) is 0 Å². The molecule has 2 aromatic rings. The molecule has 0 aromatic heterocycles. The summed E-state index contributed by atoms with van der Waals surface area (Å²) in [5, 5.41) is 3.01. The molecule has 0 aliphatic rings. The predicted molar refractivity (Wildman–Crippen MR) is 131 cm³/mol. The van der Waals surface area contributed by atoms with Crippen LogP contribution in [0.1, 0.15) is 49.4 Å². The minimum atomic E-state index is -0.466. The molecule has 168 valence electrons. The van der Waals surface area contributed by atoms with Crippen molar-refractivity contribution in [3.8, 4) is 0 Å². The fourth-order valence-electron chi connectivity index (χ4n) is 3.37. The van der Waals surface area contributed by atoms with Crippen LogP contribution in [0.5, 0.6) is 0 Å². The average molecular weight is 441 g/mol. The van der Waals surface area contributed by atoms with E-state index in [-0.39, 0.29) is 11.8 Å². The largest absolute Gasteiger partial charge is 0.354 e. The fourth-order valence-corrected chi connectivity index (χ4v) is 4.23. The van der Waals surface area contributed by atoms with Gasteiger partial charge < -0.3 is 10.2 Å². The Morgan fingerprint density at radius 1 is 1.00 bits per heavy atom. The van der Waals surface area contributed by atoms with E-state index in [2.05, 4.69) is 44.3 Å². The Hall–Kier alpha value is -2.27. The number of hydrogen-bond acceptors (Lipinski definition) is 3. The van der Waals surface area contributed by atoms with Gasteiger partial charge >= 0.3 is 0 Å². The van der Waals surface area contributed by atoms with E-state index in [4.69, 9.17) is 0 Å². The number of rotatable bonds is 11. The molecule has 2 aromatic carbocycles. The monoisotopic (exact) mass is 440 g/mol. The fraction of sp³-hybridized carbons (Fsp3) is 0.462. The van der Waals surface area contributed by atoms with E-state index in [1.54, 1.807) is 16.7 Å². The molecule has 0 aliphatic heterocycles. The molecule has 1 N–H and O–H groups in total. The zero-order valence-electron chi connectivity index (χ0n) is 19.5. The third-order valence-electron chi connectivity index (χ3n) is 5.12. The van der Waals surface area contributed by atoms with Gasteiger partial charge in [0.15, 0.2) is 0 Å². The summed E-state index contributed by atoms with van der Waals surface area (Å²) in [4.78, 5) is 27.9. The first-order valence-corrected chi connectivity index (χ1v) is 12.2. The first-order valence-electron chi connectivity index (χ1n) is 11.1. The van der Waals surface area contributed by atoms with Gasteiger partial charge in [0.25, 0.3) is 0 Å². The third-order valence-corrected chi connectivity index (χ3v) is 6.11. The molecule has 5 heteroatoms. The summed E-state index contributed by atoms with van der Waals surface area (Å²) in [6.07, 6.45) is 0.587. The highest BCUT2D eigenvalue weighted by atomic mass is 32.2. The topological polar surface area (TPSA) is 49.4 Å². The molecular formula is C26H36N2O2S. The maximum Gasteiger partial charge on any atom is 0.242 e. The third kappa shape index (κ3) is 8.41. The maximum absolute atomic E-state index is 13.2. The number of benzene rings is 2. The zero-order valence-corrected chi connectivity index (χ0v) is 20.3. The van der Waals surface area contributed by atoms with Crippen LogP contribution in [-0.2, 0) is 21.9 Å². The van der Waals surface area contributed by atoms with Crippen molar-refractivity contribution in [3.05, 3.63) is 70.8 Å². The van der Waals surface area contributed by atoms with Crippen LogP contribution in [0, 0.1) is 19.8 Å². The van der Waals surface area contributed by atoms with Gasteiger partial charge in [-0.2, -0.15) is 0 Å². The summed E-state index contributed by atoms with van der Waals surface area (Å²) in [5.74, 6) is 1.44. The zero-order chi connectivity index (χ0) is 22.8. The lowest BCUT2D eigenvalue weighted by atomic mass is 10.1. The van der Waals surface area contributed by atoms with Crippen molar-refractivity contribution in [3.63, 3.8) is 0 Å². The molecule has 0 saturated carbocycles. The number of nitrogens with one attached hydrogen (secondary N) is 1. The smallest absolute Gasteiger partial charge is 0.242 e. The van der Waals surface area contributed by atoms with Crippen LogP contribution < -0.4 is 5.32 Å². The van der Waals surface area contributed by atoms with Gasteiger partial charge in [0.1, 0.15) is 6.04 Å². The molecule has 1 atom stereocenters. The van der Waals surface area contributed by atoms with Gasteiger partial charge in [0, 0.05) is 18.8 Å². The van der Waals surface area contributed by atoms with Gasteiger partial charge in [-0.05, 0) is 37.3 Å². The molecule has 0 fully saturated rings. The molecule has 0 unspecified atom stereocenters. The second-order valence-electron chi connectivity index (χ2n) is 8.55. The van der Waals surface area contributed by atoms with Crippen LogP contribution in [0.15, 0.2) is 48.5 Å². The highest BCUT2D eigenvalue weighted by molar-refractivity contribution is 7.99. The van der Waals surface area contributed by atoms with Crippen LogP contribution in [-0.4, -0.2) is 35.1 Å². The number of thioether (sulfide) groups is 1.